The predicted molar refractivity (Wildman–Crippen MR) is 154 cm³/mol. The number of hydrogen-bond donors (Lipinski definition) is 4. The molecule has 0 aromatic heterocycles. The average Bonchev–Trinajstić information content (AvgIpc) is 2.92. The van der Waals surface area contributed by atoms with Crippen LogP contribution in [0.15, 0.2) is 41.5 Å². The topological polar surface area (TPSA) is 142 Å². The Morgan fingerprint density at radius 3 is 2.27 bits per heavy atom. The number of fused-ring (bicyclic) bond motifs is 5. The van der Waals surface area contributed by atoms with Gasteiger partial charge in [0.05, 0.1) is 30.3 Å². The number of benzene rings is 1. The van der Waals surface area contributed by atoms with E-state index in [1.807, 2.05) is 51.1 Å². The van der Waals surface area contributed by atoms with E-state index in [0.29, 0.717) is 24.0 Å². The Balaban J connectivity index is 0.00000264. The van der Waals surface area contributed by atoms with Gasteiger partial charge in [0.1, 0.15) is 17.8 Å². The first kappa shape index (κ1) is 38.7. The SMILES string of the molecule is CC(=O)NC(c1ccccc1)[C@@H](C)C(=O)OC1CC2(O)[C@@H](C)C3C4(O)COC4CC[C@@]3(C)C(=O)C(O)C(=C1C)C2(C)C.[Ac].[Ac]. The summed E-state index contributed by atoms with van der Waals surface area (Å²) in [6.45, 7) is 12.1. The quantitative estimate of drug-likeness (QED) is 0.261. The van der Waals surface area contributed by atoms with Gasteiger partial charge in [0, 0.05) is 118 Å². The van der Waals surface area contributed by atoms with E-state index in [-0.39, 0.29) is 107 Å². The second kappa shape index (κ2) is 13.7. The van der Waals surface area contributed by atoms with Gasteiger partial charge in [0.2, 0.25) is 5.91 Å². The van der Waals surface area contributed by atoms with Gasteiger partial charge in [0.25, 0.3) is 0 Å². The van der Waals surface area contributed by atoms with Gasteiger partial charge in [-0.25, -0.2) is 0 Å². The van der Waals surface area contributed by atoms with Crippen LogP contribution in [0.4, 0.5) is 0 Å². The third kappa shape index (κ3) is 5.93. The molecule has 4 N–H and O–H groups in total. The Morgan fingerprint density at radius 2 is 1.73 bits per heavy atom. The van der Waals surface area contributed by atoms with E-state index in [1.165, 1.54) is 6.92 Å². The van der Waals surface area contributed by atoms with E-state index in [1.54, 1.807) is 20.8 Å². The summed E-state index contributed by atoms with van der Waals surface area (Å²) < 4.78 is 11.8. The van der Waals surface area contributed by atoms with Crippen molar-refractivity contribution in [2.75, 3.05) is 6.61 Å². The minimum absolute atomic E-state index is 0. The molecule has 44 heavy (non-hydrogen) atoms. The molecule has 2 saturated carbocycles. The van der Waals surface area contributed by atoms with E-state index in [2.05, 4.69) is 5.32 Å². The first-order chi connectivity index (χ1) is 19.5. The van der Waals surface area contributed by atoms with Gasteiger partial charge in [-0.1, -0.05) is 58.0 Å². The van der Waals surface area contributed by atoms with Crippen molar-refractivity contribution >= 4 is 17.7 Å². The van der Waals surface area contributed by atoms with E-state index >= 15 is 0 Å². The van der Waals surface area contributed by atoms with Crippen molar-refractivity contribution in [3.05, 3.63) is 47.0 Å². The van der Waals surface area contributed by atoms with Crippen molar-refractivity contribution in [3.63, 3.8) is 0 Å². The van der Waals surface area contributed by atoms with Crippen molar-refractivity contribution in [1.29, 1.82) is 0 Å². The number of nitrogens with one attached hydrogen (secondary N) is 1. The number of esters is 1. The Labute approximate surface area is 331 Å². The number of carbonyl (C=O) groups excluding carboxylic acids is 3. The van der Waals surface area contributed by atoms with E-state index in [0.717, 1.165) is 5.56 Å². The molecule has 11 heteroatoms. The van der Waals surface area contributed by atoms with Crippen LogP contribution in [0.5, 0.6) is 0 Å². The van der Waals surface area contributed by atoms with E-state index < -0.39 is 75.9 Å². The van der Waals surface area contributed by atoms with Crippen molar-refractivity contribution in [3.8, 4) is 0 Å². The van der Waals surface area contributed by atoms with Crippen molar-refractivity contribution in [2.24, 2.45) is 28.6 Å². The molecule has 3 aliphatic carbocycles. The molecule has 1 heterocycles. The molecule has 2 bridgehead atoms. The first-order valence-electron chi connectivity index (χ1n) is 15.0. The first-order valence-corrected chi connectivity index (χ1v) is 15.0. The zero-order chi connectivity index (χ0) is 31.0. The molecule has 1 aromatic rings. The maximum atomic E-state index is 14.2. The van der Waals surface area contributed by atoms with Crippen molar-refractivity contribution in [1.82, 2.24) is 5.32 Å². The van der Waals surface area contributed by atoms with Gasteiger partial charge >= 0.3 is 5.97 Å². The minimum atomic E-state index is -1.55. The molecule has 2 radical (unpaired) electrons. The van der Waals surface area contributed by atoms with E-state index in [4.69, 9.17) is 9.47 Å². The fourth-order valence-corrected chi connectivity index (χ4v) is 8.91. The number of ketones is 1. The zero-order valence-electron chi connectivity index (χ0n) is 26.8. The van der Waals surface area contributed by atoms with Gasteiger partial charge in [0.15, 0.2) is 5.78 Å². The fourth-order valence-electron chi connectivity index (χ4n) is 8.91. The van der Waals surface area contributed by atoms with Crippen LogP contribution in [0.2, 0.25) is 0 Å². The third-order valence-corrected chi connectivity index (χ3v) is 11.4. The van der Waals surface area contributed by atoms with E-state index in [9.17, 15) is 29.7 Å². The number of carbonyl (C=O) groups is 3. The smallest absolute Gasteiger partial charge is 0.311 e. The summed E-state index contributed by atoms with van der Waals surface area (Å²) in [5.74, 6) is -3.33. The summed E-state index contributed by atoms with van der Waals surface area (Å²) in [6.07, 6.45) is -1.96. The van der Waals surface area contributed by atoms with Gasteiger partial charge in [-0.3, -0.25) is 14.4 Å². The van der Waals surface area contributed by atoms with Crippen molar-refractivity contribution < 1.29 is 127 Å². The molecule has 5 rings (SSSR count). The number of amides is 1. The molecular formula is C33H45Ac2NO8. The van der Waals surface area contributed by atoms with Gasteiger partial charge < -0.3 is 30.1 Å². The number of rotatable bonds is 5. The van der Waals surface area contributed by atoms with Crippen LogP contribution in [0.3, 0.4) is 0 Å². The molecule has 9 nitrogen and oxygen atoms in total. The molecular weight excluding hydrogens is 992 g/mol. The number of ether oxygens (including phenoxy) is 2. The van der Waals surface area contributed by atoms with Crippen LogP contribution in [-0.4, -0.2) is 69.1 Å². The number of aliphatic hydroxyl groups is 3. The Kier molecular flexibility index (Phi) is 12.0. The normalized spacial score (nSPS) is 38.5. The maximum Gasteiger partial charge on any atom is 0.311 e. The van der Waals surface area contributed by atoms with Crippen LogP contribution in [0.1, 0.15) is 79.3 Å². The van der Waals surface area contributed by atoms with Gasteiger partial charge in [-0.2, -0.15) is 0 Å². The molecule has 1 aromatic carbocycles. The van der Waals surface area contributed by atoms with Crippen LogP contribution in [0.25, 0.3) is 0 Å². The summed E-state index contributed by atoms with van der Waals surface area (Å²) in [5, 5.41) is 39.1. The molecule has 4 aliphatic rings. The number of Topliss-reactive ketones (excluding diaryl/α,β-unsaturated/α-hetero) is 1. The second-order valence-corrected chi connectivity index (χ2v) is 13.9. The summed E-state index contributed by atoms with van der Waals surface area (Å²) in [5.41, 5.74) is -3.37. The summed E-state index contributed by atoms with van der Waals surface area (Å²) >= 11 is 0. The van der Waals surface area contributed by atoms with Crippen LogP contribution < -0.4 is 5.32 Å². The maximum absolute atomic E-state index is 14.2. The molecule has 10 atom stereocenters. The third-order valence-electron chi connectivity index (χ3n) is 11.4. The predicted octanol–water partition coefficient (Wildman–Crippen LogP) is 3.02. The van der Waals surface area contributed by atoms with Crippen LogP contribution >= 0.6 is 0 Å². The molecule has 1 aliphatic heterocycles. The standard InChI is InChI=1S/C33H45NO8.2Ac/c1-17-22(42-29(38)18(2)25(34-20(4)35)21-11-9-8-10-12-21)15-33(40)19(3)27-31(7,14-13-23-32(27,39)16-41-23)28(37)26(36)24(17)30(33,5)6;;/h8-12,18-19,22-23,25-27,36,39-40H,13-16H2,1-7H3,(H,34,35);;/t18-,19+,22?,23?,25?,26?,27?,31-,32?,33?;;/m1../s1. The summed E-state index contributed by atoms with van der Waals surface area (Å²) in [4.78, 5) is 39.9. The zero-order valence-corrected chi connectivity index (χ0v) is 36.3. The minimum Gasteiger partial charge on any atom is -0.457 e. The number of aliphatic hydroxyl groups excluding tert-OH is 1. The number of hydrogen-bond acceptors (Lipinski definition) is 8. The molecule has 0 spiro atoms. The van der Waals surface area contributed by atoms with Crippen molar-refractivity contribution in [2.45, 2.75) is 103 Å². The molecule has 1 amide bonds. The van der Waals surface area contributed by atoms with Gasteiger partial charge in [-0.05, 0) is 49.3 Å². The Hall–Kier alpha value is 0.293. The van der Waals surface area contributed by atoms with Crippen LogP contribution in [-0.2, 0) is 23.9 Å². The Bertz CT molecular complexity index is 1320. The van der Waals surface area contributed by atoms with Crippen LogP contribution in [0, 0.1) is 117 Å². The molecule has 1 saturated heterocycles. The fraction of sp³-hybridized carbons (Fsp3) is 0.667. The molecule has 7 unspecified atom stereocenters. The summed E-state index contributed by atoms with van der Waals surface area (Å²) in [6, 6.07) is 8.52. The average molecular weight is 1040 g/mol. The largest absolute Gasteiger partial charge is 0.457 e. The Morgan fingerprint density at radius 1 is 1.11 bits per heavy atom. The molecule has 236 valence electrons. The monoisotopic (exact) mass is 1040 g/mol. The second-order valence-electron chi connectivity index (χ2n) is 13.9. The molecule has 3 fully saturated rings. The summed E-state index contributed by atoms with van der Waals surface area (Å²) in [7, 11) is 0. The van der Waals surface area contributed by atoms with Gasteiger partial charge in [-0.15, -0.1) is 0 Å².